The zero-order valence-corrected chi connectivity index (χ0v) is 4.56. The highest BCUT2D eigenvalue weighted by molar-refractivity contribution is 7.82. The van der Waals surface area contributed by atoms with Crippen molar-refractivity contribution >= 4 is 10.4 Å². The summed E-state index contributed by atoms with van der Waals surface area (Å²) in [4.78, 5) is 0. The van der Waals surface area contributed by atoms with Crippen molar-refractivity contribution in [2.45, 2.75) is 0 Å². The Hall–Kier alpha value is -0.730. The average molecular weight is 134 g/mol. The molecular weight excluding hydrogens is 132 g/mol. The topological polar surface area (TPSA) is 52.6 Å². The van der Waals surface area contributed by atoms with Gasteiger partial charge in [0.2, 0.25) is 0 Å². The molecule has 0 aromatic carbocycles. The Kier molecular flexibility index (Phi) is 1.12. The van der Waals surface area contributed by atoms with Gasteiger partial charge in [-0.3, -0.25) is 0 Å². The number of hydrogen-bond acceptors (Lipinski definition) is 4. The molecule has 0 amide bonds. The van der Waals surface area contributed by atoms with E-state index in [9.17, 15) is 8.42 Å². The molecule has 1 aliphatic heterocycles. The molecule has 0 aromatic heterocycles. The van der Waals surface area contributed by atoms with Crippen molar-refractivity contribution in [3.63, 3.8) is 0 Å². The van der Waals surface area contributed by atoms with Crippen LogP contribution in [-0.2, 0) is 18.8 Å². The van der Waals surface area contributed by atoms with Crippen molar-refractivity contribution in [2.75, 3.05) is 6.61 Å². The molecule has 0 aliphatic carbocycles. The van der Waals surface area contributed by atoms with Gasteiger partial charge in [0.15, 0.2) is 0 Å². The van der Waals surface area contributed by atoms with Crippen LogP contribution in [0.4, 0.5) is 0 Å². The Bertz CT molecular complexity index is 228. The molecular formula is C3H2O4S. The highest BCUT2D eigenvalue weighted by atomic mass is 32.3. The number of hydrogen-bond donors (Lipinski definition) is 0. The van der Waals surface area contributed by atoms with Crippen molar-refractivity contribution in [1.29, 1.82) is 0 Å². The first-order chi connectivity index (χ1) is 3.71. The van der Waals surface area contributed by atoms with Gasteiger partial charge in [-0.25, -0.2) is 4.18 Å². The van der Waals surface area contributed by atoms with Gasteiger partial charge < -0.3 is 4.18 Å². The molecule has 0 aromatic rings. The van der Waals surface area contributed by atoms with Crippen molar-refractivity contribution in [3.05, 3.63) is 0 Å². The highest BCUT2D eigenvalue weighted by Gasteiger charge is 2.12. The largest absolute Gasteiger partial charge is 0.458 e. The molecule has 0 bridgehead atoms. The molecule has 0 N–H and O–H groups in total. The third-order valence-electron chi connectivity index (χ3n) is 0.491. The van der Waals surface area contributed by atoms with E-state index in [4.69, 9.17) is 0 Å². The van der Waals surface area contributed by atoms with Gasteiger partial charge in [0, 0.05) is 0 Å². The monoisotopic (exact) mass is 134 g/mol. The average Bonchev–Trinajstić information content (AvgIpc) is 1.65. The molecule has 0 radical (unpaired) electrons. The molecule has 1 heterocycles. The van der Waals surface area contributed by atoms with E-state index in [1.807, 2.05) is 6.11 Å². The molecule has 44 valence electrons. The predicted molar refractivity (Wildman–Crippen MR) is 23.7 cm³/mol. The van der Waals surface area contributed by atoms with E-state index in [1.54, 1.807) is 0 Å². The van der Waals surface area contributed by atoms with Crippen LogP contribution in [0.25, 0.3) is 0 Å². The minimum atomic E-state index is -3.76. The lowest BCUT2D eigenvalue weighted by Gasteiger charge is -1.99. The van der Waals surface area contributed by atoms with Gasteiger partial charge in [-0.15, -0.1) is 0 Å². The summed E-state index contributed by atoms with van der Waals surface area (Å²) >= 11 is 0. The van der Waals surface area contributed by atoms with E-state index in [2.05, 4.69) is 14.3 Å². The van der Waals surface area contributed by atoms with Crippen LogP contribution in [0, 0.1) is 12.0 Å². The second kappa shape index (κ2) is 1.65. The summed E-state index contributed by atoms with van der Waals surface area (Å²) in [5.41, 5.74) is 0. The Morgan fingerprint density at radius 3 is 2.50 bits per heavy atom. The van der Waals surface area contributed by atoms with Crippen molar-refractivity contribution in [3.8, 4) is 12.0 Å². The zero-order valence-electron chi connectivity index (χ0n) is 3.75. The van der Waals surface area contributed by atoms with Gasteiger partial charge >= 0.3 is 10.4 Å². The van der Waals surface area contributed by atoms with Crippen LogP contribution in [0.15, 0.2) is 0 Å². The normalized spacial score (nSPS) is 22.5. The fraction of sp³-hybridized carbons (Fsp3) is 0.333. The first-order valence-electron chi connectivity index (χ1n) is 1.76. The summed E-state index contributed by atoms with van der Waals surface area (Å²) in [5.74, 6) is 2.27. The fourth-order valence-corrected chi connectivity index (χ4v) is 0.648. The lowest BCUT2D eigenvalue weighted by atomic mass is 10.8. The molecule has 0 spiro atoms. The summed E-state index contributed by atoms with van der Waals surface area (Å²) in [6.07, 6.45) is 1.91. The van der Waals surface area contributed by atoms with E-state index in [0.717, 1.165) is 0 Å². The maximum Gasteiger partial charge on any atom is 0.458 e. The van der Waals surface area contributed by atoms with Crippen LogP contribution in [0.1, 0.15) is 0 Å². The number of rotatable bonds is 0. The maximum atomic E-state index is 10.1. The first-order valence-corrected chi connectivity index (χ1v) is 3.10. The molecule has 1 aliphatic rings. The zero-order chi connectivity index (χ0) is 6.04. The first kappa shape index (κ1) is 5.41. The van der Waals surface area contributed by atoms with Crippen LogP contribution in [0.5, 0.6) is 0 Å². The van der Waals surface area contributed by atoms with Crippen molar-refractivity contribution in [1.82, 2.24) is 0 Å². The van der Waals surface area contributed by atoms with E-state index in [0.29, 0.717) is 0 Å². The Labute approximate surface area is 46.7 Å². The van der Waals surface area contributed by atoms with E-state index < -0.39 is 10.4 Å². The smallest absolute Gasteiger partial charge is 0.307 e. The molecule has 0 saturated carbocycles. The van der Waals surface area contributed by atoms with Crippen molar-refractivity contribution in [2.24, 2.45) is 0 Å². The summed E-state index contributed by atoms with van der Waals surface area (Å²) in [5, 5.41) is 0. The predicted octanol–water partition coefficient (Wildman–Crippen LogP) is -0.761. The Morgan fingerprint density at radius 1 is 1.50 bits per heavy atom. The molecule has 4 nitrogen and oxygen atoms in total. The third-order valence-corrected chi connectivity index (χ3v) is 1.19. The van der Waals surface area contributed by atoms with Gasteiger partial charge in [-0.05, 0) is 5.92 Å². The van der Waals surface area contributed by atoms with E-state index >= 15 is 0 Å². The molecule has 0 unspecified atom stereocenters. The lowest BCUT2D eigenvalue weighted by molar-refractivity contribution is 0.283. The van der Waals surface area contributed by atoms with E-state index in [-0.39, 0.29) is 6.61 Å². The minimum absolute atomic E-state index is 0.109. The third kappa shape index (κ3) is 1.12. The molecule has 0 fully saturated rings. The van der Waals surface area contributed by atoms with Gasteiger partial charge in [-0.1, -0.05) is 0 Å². The maximum absolute atomic E-state index is 10.1. The van der Waals surface area contributed by atoms with Crippen LogP contribution in [0.2, 0.25) is 0 Å². The standard InChI is InChI=1S/C3H2O4S/c4-8(5)6-2-1-3-7-8/h2H2. The quantitative estimate of drug-likeness (QED) is 0.408. The Balaban J connectivity index is 2.86. The van der Waals surface area contributed by atoms with Crippen LogP contribution >= 0.6 is 0 Å². The second-order valence-electron chi connectivity index (χ2n) is 1.03. The highest BCUT2D eigenvalue weighted by Crippen LogP contribution is 1.96. The molecule has 5 heteroatoms. The fourth-order valence-electron chi connectivity index (χ4n) is 0.236. The summed E-state index contributed by atoms with van der Waals surface area (Å²) < 4.78 is 28.1. The molecule has 1 rings (SSSR count). The summed E-state index contributed by atoms with van der Waals surface area (Å²) in [6.45, 7) is -0.109. The van der Waals surface area contributed by atoms with Crippen LogP contribution < -0.4 is 0 Å². The van der Waals surface area contributed by atoms with Gasteiger partial charge in [0.05, 0.1) is 0 Å². The minimum Gasteiger partial charge on any atom is -0.307 e. The Morgan fingerprint density at radius 2 is 2.25 bits per heavy atom. The molecule has 8 heavy (non-hydrogen) atoms. The summed E-state index contributed by atoms with van der Waals surface area (Å²) in [7, 11) is -3.76. The van der Waals surface area contributed by atoms with Crippen LogP contribution in [0.3, 0.4) is 0 Å². The second-order valence-corrected chi connectivity index (χ2v) is 2.25. The van der Waals surface area contributed by atoms with Gasteiger partial charge in [0.25, 0.3) is 0 Å². The van der Waals surface area contributed by atoms with E-state index in [1.165, 1.54) is 0 Å². The SMILES string of the molecule is O=S1(=O)OC#CCO1. The molecule has 0 saturated heterocycles. The van der Waals surface area contributed by atoms with Gasteiger partial charge in [-0.2, -0.15) is 8.42 Å². The van der Waals surface area contributed by atoms with Crippen LogP contribution in [-0.4, -0.2) is 15.0 Å². The van der Waals surface area contributed by atoms with Crippen molar-refractivity contribution < 1.29 is 16.8 Å². The summed E-state index contributed by atoms with van der Waals surface area (Å²) in [6, 6.07) is 0. The molecule has 0 atom stereocenters. The lowest BCUT2D eigenvalue weighted by Crippen LogP contribution is -2.10. The van der Waals surface area contributed by atoms with Gasteiger partial charge in [0.1, 0.15) is 12.7 Å².